The number of benzene rings is 1. The largest absolute Gasteiger partial charge is 0.480 e. The molecular weight excluding hydrogens is 319 g/mol. The first kappa shape index (κ1) is 15.4. The van der Waals surface area contributed by atoms with E-state index < -0.39 is 23.9 Å². The monoisotopic (exact) mass is 332 g/mol. The first-order valence-electron chi connectivity index (χ1n) is 5.61. The van der Waals surface area contributed by atoms with E-state index in [1.807, 2.05) is 0 Å². The molecule has 5 nitrogen and oxygen atoms in total. The van der Waals surface area contributed by atoms with Gasteiger partial charge in [0.25, 0.3) is 0 Å². The van der Waals surface area contributed by atoms with Gasteiger partial charge in [0, 0.05) is 5.69 Å². The van der Waals surface area contributed by atoms with Gasteiger partial charge in [-0.1, -0.05) is 6.92 Å². The van der Waals surface area contributed by atoms with Crippen molar-refractivity contribution < 1.29 is 19.1 Å². The van der Waals surface area contributed by atoms with Gasteiger partial charge in [-0.25, -0.2) is 14.0 Å². The van der Waals surface area contributed by atoms with Gasteiger partial charge in [0.15, 0.2) is 0 Å². The van der Waals surface area contributed by atoms with E-state index in [-0.39, 0.29) is 10.9 Å². The molecule has 1 rings (SSSR count). The number of rotatable bonds is 4. The highest BCUT2D eigenvalue weighted by Gasteiger charge is 2.18. The summed E-state index contributed by atoms with van der Waals surface area (Å²) in [5.74, 6) is -1.53. The summed E-state index contributed by atoms with van der Waals surface area (Å²) in [4.78, 5) is 22.4. The van der Waals surface area contributed by atoms with Gasteiger partial charge < -0.3 is 15.7 Å². The number of urea groups is 1. The van der Waals surface area contributed by atoms with Gasteiger partial charge in [-0.05, 0) is 47.0 Å². The molecule has 0 unspecified atom stereocenters. The Morgan fingerprint density at radius 3 is 2.63 bits per heavy atom. The number of carboxylic acids is 1. The molecule has 0 saturated heterocycles. The first-order chi connectivity index (χ1) is 8.85. The number of anilines is 1. The molecule has 2 amide bonds. The van der Waals surface area contributed by atoms with Crippen molar-refractivity contribution in [1.29, 1.82) is 0 Å². The molecule has 0 saturated carbocycles. The molecule has 0 bridgehead atoms. The van der Waals surface area contributed by atoms with Crippen LogP contribution >= 0.6 is 15.9 Å². The second kappa shape index (κ2) is 6.51. The minimum absolute atomic E-state index is 0.221. The van der Waals surface area contributed by atoms with E-state index in [1.165, 1.54) is 12.1 Å². The van der Waals surface area contributed by atoms with Crippen LogP contribution in [0.2, 0.25) is 0 Å². The molecule has 1 atom stereocenters. The van der Waals surface area contributed by atoms with Crippen LogP contribution in [-0.2, 0) is 4.79 Å². The third-order valence-electron chi connectivity index (χ3n) is 2.53. The smallest absolute Gasteiger partial charge is 0.326 e. The number of hydrogen-bond acceptors (Lipinski definition) is 2. The standard InChI is InChI=1S/C12H14BrFN2O3/c1-3-9(11(17)18)15-12(19)16-10-5-7(13)8(14)4-6(10)2/h4-5,9H,3H2,1-2H3,(H,17,18)(H2,15,16,19)/t9-/m1/s1. The van der Waals surface area contributed by atoms with Crippen LogP contribution in [-0.4, -0.2) is 23.1 Å². The lowest BCUT2D eigenvalue weighted by atomic mass is 10.2. The summed E-state index contributed by atoms with van der Waals surface area (Å²) in [6.45, 7) is 3.29. The molecule has 0 aliphatic rings. The second-order valence-corrected chi connectivity index (χ2v) is 4.83. The molecule has 7 heteroatoms. The third-order valence-corrected chi connectivity index (χ3v) is 3.13. The van der Waals surface area contributed by atoms with Crippen molar-refractivity contribution in [3.05, 3.63) is 28.0 Å². The maximum absolute atomic E-state index is 13.2. The minimum atomic E-state index is -1.10. The second-order valence-electron chi connectivity index (χ2n) is 3.98. The quantitative estimate of drug-likeness (QED) is 0.793. The summed E-state index contributed by atoms with van der Waals surface area (Å²) in [6, 6.07) is 1.10. The predicted octanol–water partition coefficient (Wildman–Crippen LogP) is 2.88. The zero-order chi connectivity index (χ0) is 14.6. The molecule has 1 aromatic rings. The summed E-state index contributed by atoms with van der Waals surface area (Å²) < 4.78 is 13.4. The lowest BCUT2D eigenvalue weighted by Gasteiger charge is -2.14. The van der Waals surface area contributed by atoms with Gasteiger partial charge in [-0.15, -0.1) is 0 Å². The molecule has 0 aliphatic carbocycles. The molecule has 0 spiro atoms. The Balaban J connectivity index is 2.77. The van der Waals surface area contributed by atoms with Crippen LogP contribution in [0.1, 0.15) is 18.9 Å². The van der Waals surface area contributed by atoms with Crippen LogP contribution in [0.5, 0.6) is 0 Å². The van der Waals surface area contributed by atoms with E-state index >= 15 is 0 Å². The Morgan fingerprint density at radius 1 is 1.47 bits per heavy atom. The van der Waals surface area contributed by atoms with E-state index in [9.17, 15) is 14.0 Å². The van der Waals surface area contributed by atoms with Crippen molar-refractivity contribution in [2.45, 2.75) is 26.3 Å². The van der Waals surface area contributed by atoms with Crippen LogP contribution in [0.4, 0.5) is 14.9 Å². The Hall–Kier alpha value is -1.63. The minimum Gasteiger partial charge on any atom is -0.480 e. The fourth-order valence-corrected chi connectivity index (χ4v) is 1.78. The van der Waals surface area contributed by atoms with Crippen molar-refractivity contribution in [2.24, 2.45) is 0 Å². The summed E-state index contributed by atoms with van der Waals surface area (Å²) in [6.07, 6.45) is 0.273. The van der Waals surface area contributed by atoms with Crippen LogP contribution in [0, 0.1) is 12.7 Å². The highest BCUT2D eigenvalue weighted by molar-refractivity contribution is 9.10. The molecule has 19 heavy (non-hydrogen) atoms. The Bertz CT molecular complexity index is 508. The van der Waals surface area contributed by atoms with Gasteiger partial charge in [-0.2, -0.15) is 0 Å². The number of carbonyl (C=O) groups excluding carboxylic acids is 1. The van der Waals surface area contributed by atoms with E-state index in [2.05, 4.69) is 26.6 Å². The fraction of sp³-hybridized carbons (Fsp3) is 0.333. The highest BCUT2D eigenvalue weighted by atomic mass is 79.9. The number of carboxylic acid groups (broad SMARTS) is 1. The van der Waals surface area contributed by atoms with Gasteiger partial charge in [0.1, 0.15) is 11.9 Å². The van der Waals surface area contributed by atoms with Crippen LogP contribution in [0.25, 0.3) is 0 Å². The maximum atomic E-state index is 13.2. The van der Waals surface area contributed by atoms with Crippen molar-refractivity contribution in [2.75, 3.05) is 5.32 Å². The van der Waals surface area contributed by atoms with Crippen LogP contribution in [0.3, 0.4) is 0 Å². The molecule has 0 aromatic heterocycles. The normalized spacial score (nSPS) is 11.8. The maximum Gasteiger partial charge on any atom is 0.326 e. The molecule has 3 N–H and O–H groups in total. The van der Waals surface area contributed by atoms with E-state index in [4.69, 9.17) is 5.11 Å². The third kappa shape index (κ3) is 4.20. The average molecular weight is 333 g/mol. The summed E-state index contributed by atoms with van der Waals surface area (Å²) in [5.41, 5.74) is 0.949. The summed E-state index contributed by atoms with van der Waals surface area (Å²) in [7, 11) is 0. The Kier molecular flexibility index (Phi) is 5.29. The SMILES string of the molecule is CC[C@@H](NC(=O)Nc1cc(Br)c(F)cc1C)C(=O)O. The van der Waals surface area contributed by atoms with Crippen molar-refractivity contribution in [3.63, 3.8) is 0 Å². The molecule has 0 fully saturated rings. The number of hydrogen-bond donors (Lipinski definition) is 3. The Labute approximate surface area is 118 Å². The highest BCUT2D eigenvalue weighted by Crippen LogP contribution is 2.24. The lowest BCUT2D eigenvalue weighted by Crippen LogP contribution is -2.42. The molecule has 1 aromatic carbocycles. The number of carbonyl (C=O) groups is 2. The van der Waals surface area contributed by atoms with E-state index in [0.717, 1.165) is 0 Å². The van der Waals surface area contributed by atoms with Crippen LogP contribution < -0.4 is 10.6 Å². The number of nitrogens with one attached hydrogen (secondary N) is 2. The van der Waals surface area contributed by atoms with Gasteiger partial charge in [0.2, 0.25) is 0 Å². The molecule has 0 aliphatic heterocycles. The first-order valence-corrected chi connectivity index (χ1v) is 6.40. The average Bonchev–Trinajstić information content (AvgIpc) is 2.32. The van der Waals surface area contributed by atoms with Gasteiger partial charge >= 0.3 is 12.0 Å². The zero-order valence-electron chi connectivity index (χ0n) is 10.5. The lowest BCUT2D eigenvalue weighted by molar-refractivity contribution is -0.139. The number of aryl methyl sites for hydroxylation is 1. The number of amides is 2. The number of halogens is 2. The van der Waals surface area contributed by atoms with Crippen LogP contribution in [0.15, 0.2) is 16.6 Å². The zero-order valence-corrected chi connectivity index (χ0v) is 12.0. The molecular formula is C12H14BrFN2O3. The number of aliphatic carboxylic acids is 1. The molecule has 104 valence electrons. The summed E-state index contributed by atoms with van der Waals surface area (Å²) >= 11 is 3.02. The topological polar surface area (TPSA) is 78.4 Å². The fourth-order valence-electron chi connectivity index (χ4n) is 1.44. The Morgan fingerprint density at radius 2 is 2.11 bits per heavy atom. The van der Waals surface area contributed by atoms with E-state index in [0.29, 0.717) is 11.3 Å². The van der Waals surface area contributed by atoms with Crippen molar-refractivity contribution >= 4 is 33.6 Å². The van der Waals surface area contributed by atoms with Gasteiger partial charge in [-0.3, -0.25) is 0 Å². The predicted molar refractivity (Wildman–Crippen MR) is 72.7 cm³/mol. The van der Waals surface area contributed by atoms with Crippen molar-refractivity contribution in [1.82, 2.24) is 5.32 Å². The molecule has 0 heterocycles. The van der Waals surface area contributed by atoms with Crippen molar-refractivity contribution in [3.8, 4) is 0 Å². The van der Waals surface area contributed by atoms with Gasteiger partial charge in [0.05, 0.1) is 4.47 Å². The van der Waals surface area contributed by atoms with E-state index in [1.54, 1.807) is 13.8 Å². The summed E-state index contributed by atoms with van der Waals surface area (Å²) in [5, 5.41) is 13.6. The molecule has 0 radical (unpaired) electrons.